The molecule has 0 atom stereocenters. The van der Waals surface area contributed by atoms with Crippen molar-refractivity contribution in [3.05, 3.63) is 35.4 Å². The third kappa shape index (κ3) is 1.42. The summed E-state index contributed by atoms with van der Waals surface area (Å²) < 4.78 is 26.1. The first kappa shape index (κ1) is 9.59. The number of benzene rings is 1. The van der Waals surface area contributed by atoms with Gasteiger partial charge >= 0.3 is 0 Å². The van der Waals surface area contributed by atoms with E-state index in [1.54, 1.807) is 0 Å². The third-order valence-corrected chi connectivity index (χ3v) is 2.80. The maximum absolute atomic E-state index is 13.3. The van der Waals surface area contributed by atoms with Crippen LogP contribution < -0.4 is 0 Å². The zero-order valence-electron chi connectivity index (χ0n) is 7.93. The molecule has 0 heterocycles. The Hall–Kier alpha value is -0.960. The van der Waals surface area contributed by atoms with Gasteiger partial charge in [-0.3, -0.25) is 0 Å². The van der Waals surface area contributed by atoms with E-state index < -0.39 is 17.2 Å². The molecule has 14 heavy (non-hydrogen) atoms. The topological polar surface area (TPSA) is 20.2 Å². The number of halogens is 2. The Morgan fingerprint density at radius 1 is 1.36 bits per heavy atom. The summed E-state index contributed by atoms with van der Waals surface area (Å²) in [5.41, 5.74) is -1.05. The van der Waals surface area contributed by atoms with Gasteiger partial charge in [0.25, 0.3) is 0 Å². The lowest BCUT2D eigenvalue weighted by Gasteiger charge is -2.42. The molecule has 1 aliphatic carbocycles. The molecule has 1 nitrogen and oxygen atoms in total. The summed E-state index contributed by atoms with van der Waals surface area (Å²) in [4.78, 5) is 0. The minimum absolute atomic E-state index is 0.0931. The Kier molecular flexibility index (Phi) is 2.07. The molecule has 0 unspecified atom stereocenters. The lowest BCUT2D eigenvalue weighted by atomic mass is 9.68. The van der Waals surface area contributed by atoms with Crippen LogP contribution in [0.5, 0.6) is 0 Å². The van der Waals surface area contributed by atoms with Gasteiger partial charge in [0, 0.05) is 5.56 Å². The summed E-state index contributed by atoms with van der Waals surface area (Å²) in [7, 11) is 0. The van der Waals surface area contributed by atoms with Gasteiger partial charge < -0.3 is 5.11 Å². The van der Waals surface area contributed by atoms with E-state index in [0.29, 0.717) is 18.8 Å². The lowest BCUT2D eigenvalue weighted by molar-refractivity contribution is -0.0765. The van der Waals surface area contributed by atoms with Crippen LogP contribution in [0.1, 0.15) is 25.3 Å². The number of aliphatic hydroxyl groups is 1. The monoisotopic (exact) mass is 198 g/mol. The van der Waals surface area contributed by atoms with Gasteiger partial charge in [0.2, 0.25) is 0 Å². The van der Waals surface area contributed by atoms with E-state index in [2.05, 4.69) is 0 Å². The van der Waals surface area contributed by atoms with Gasteiger partial charge in [-0.15, -0.1) is 0 Å². The summed E-state index contributed by atoms with van der Waals surface area (Å²) in [6.45, 7) is 1.98. The fourth-order valence-corrected chi connectivity index (χ4v) is 2.17. The van der Waals surface area contributed by atoms with Crippen molar-refractivity contribution in [1.82, 2.24) is 0 Å². The van der Waals surface area contributed by atoms with Crippen molar-refractivity contribution in [2.24, 2.45) is 5.92 Å². The van der Waals surface area contributed by atoms with E-state index in [0.717, 1.165) is 18.2 Å². The maximum Gasteiger partial charge on any atom is 0.129 e. The molecule has 0 saturated heterocycles. The van der Waals surface area contributed by atoms with Crippen LogP contribution in [0.15, 0.2) is 18.2 Å². The van der Waals surface area contributed by atoms with Crippen molar-refractivity contribution in [3.63, 3.8) is 0 Å². The smallest absolute Gasteiger partial charge is 0.129 e. The van der Waals surface area contributed by atoms with Crippen LogP contribution in [0, 0.1) is 17.6 Å². The molecule has 0 amide bonds. The van der Waals surface area contributed by atoms with Crippen LogP contribution in [0.3, 0.4) is 0 Å². The molecule has 0 bridgehead atoms. The molecule has 1 N–H and O–H groups in total. The zero-order valence-corrected chi connectivity index (χ0v) is 7.93. The Labute approximate surface area is 81.4 Å². The summed E-state index contributed by atoms with van der Waals surface area (Å²) >= 11 is 0. The minimum Gasteiger partial charge on any atom is -0.385 e. The fraction of sp³-hybridized carbons (Fsp3) is 0.455. The van der Waals surface area contributed by atoms with Crippen LogP contribution in [-0.2, 0) is 5.60 Å². The Balaban J connectivity index is 2.36. The summed E-state index contributed by atoms with van der Waals surface area (Å²) in [6.07, 6.45) is 1.01. The first-order valence-corrected chi connectivity index (χ1v) is 4.69. The predicted octanol–water partition coefficient (Wildman–Crippen LogP) is 2.58. The molecule has 1 fully saturated rings. The number of hydrogen-bond acceptors (Lipinski definition) is 1. The van der Waals surface area contributed by atoms with Gasteiger partial charge in [0.15, 0.2) is 0 Å². The van der Waals surface area contributed by atoms with Gasteiger partial charge in [-0.05, 0) is 37.0 Å². The van der Waals surface area contributed by atoms with E-state index >= 15 is 0 Å². The van der Waals surface area contributed by atoms with E-state index in [9.17, 15) is 13.9 Å². The van der Waals surface area contributed by atoms with Crippen LogP contribution >= 0.6 is 0 Å². The molecule has 3 heteroatoms. The van der Waals surface area contributed by atoms with Crippen LogP contribution in [-0.4, -0.2) is 5.11 Å². The van der Waals surface area contributed by atoms with E-state index in [1.807, 2.05) is 6.92 Å². The Morgan fingerprint density at radius 3 is 2.57 bits per heavy atom. The molecule has 76 valence electrons. The van der Waals surface area contributed by atoms with Gasteiger partial charge in [0.05, 0.1) is 5.60 Å². The third-order valence-electron chi connectivity index (χ3n) is 2.80. The highest BCUT2D eigenvalue weighted by Crippen LogP contribution is 2.46. The highest BCUT2D eigenvalue weighted by Gasteiger charge is 2.43. The van der Waals surface area contributed by atoms with Crippen LogP contribution in [0.4, 0.5) is 8.78 Å². The highest BCUT2D eigenvalue weighted by atomic mass is 19.1. The molecular formula is C11H12F2O. The fourth-order valence-electron chi connectivity index (χ4n) is 2.17. The van der Waals surface area contributed by atoms with Gasteiger partial charge in [0.1, 0.15) is 11.6 Å². The van der Waals surface area contributed by atoms with E-state index in [1.165, 1.54) is 0 Å². The van der Waals surface area contributed by atoms with Crippen molar-refractivity contribution in [1.29, 1.82) is 0 Å². The predicted molar refractivity (Wildman–Crippen MR) is 48.7 cm³/mol. The lowest BCUT2D eigenvalue weighted by Crippen LogP contribution is -2.40. The molecule has 1 aliphatic rings. The minimum atomic E-state index is -1.15. The molecule has 0 radical (unpaired) electrons. The number of rotatable bonds is 1. The molecule has 0 aromatic heterocycles. The molecule has 1 saturated carbocycles. The molecule has 1 aromatic rings. The highest BCUT2D eigenvalue weighted by molar-refractivity contribution is 5.27. The first-order valence-electron chi connectivity index (χ1n) is 4.69. The first-order chi connectivity index (χ1) is 6.51. The van der Waals surface area contributed by atoms with Crippen LogP contribution in [0.25, 0.3) is 0 Å². The quantitative estimate of drug-likeness (QED) is 0.735. The van der Waals surface area contributed by atoms with E-state index in [-0.39, 0.29) is 5.56 Å². The second-order valence-electron chi connectivity index (χ2n) is 4.17. The standard InChI is InChI=1S/C11H12F2O/c1-7-5-11(14,6-7)9-4-8(12)2-3-10(9)13/h2-4,7,14H,5-6H2,1H3. The van der Waals surface area contributed by atoms with Crippen molar-refractivity contribution >= 4 is 0 Å². The van der Waals surface area contributed by atoms with Gasteiger partial charge in [-0.1, -0.05) is 6.92 Å². The average Bonchev–Trinajstić information content (AvgIpc) is 2.07. The molecule has 0 spiro atoms. The summed E-state index contributed by atoms with van der Waals surface area (Å²) in [5.74, 6) is -0.655. The molecule has 0 aliphatic heterocycles. The average molecular weight is 198 g/mol. The van der Waals surface area contributed by atoms with Crippen molar-refractivity contribution < 1.29 is 13.9 Å². The second-order valence-corrected chi connectivity index (χ2v) is 4.17. The van der Waals surface area contributed by atoms with Crippen molar-refractivity contribution in [2.45, 2.75) is 25.4 Å². The largest absolute Gasteiger partial charge is 0.385 e. The Bertz CT molecular complexity index is 356. The second kappa shape index (κ2) is 3.02. The van der Waals surface area contributed by atoms with Gasteiger partial charge in [-0.25, -0.2) is 8.78 Å². The van der Waals surface area contributed by atoms with Crippen LogP contribution in [0.2, 0.25) is 0 Å². The van der Waals surface area contributed by atoms with E-state index in [4.69, 9.17) is 0 Å². The Morgan fingerprint density at radius 2 is 2.00 bits per heavy atom. The van der Waals surface area contributed by atoms with Gasteiger partial charge in [-0.2, -0.15) is 0 Å². The molecular weight excluding hydrogens is 186 g/mol. The SMILES string of the molecule is CC1CC(O)(c2cc(F)ccc2F)C1. The van der Waals surface area contributed by atoms with Crippen molar-refractivity contribution in [3.8, 4) is 0 Å². The zero-order chi connectivity index (χ0) is 10.3. The maximum atomic E-state index is 13.3. The normalized spacial score (nSPS) is 31.3. The number of hydrogen-bond donors (Lipinski definition) is 1. The molecule has 2 rings (SSSR count). The molecule has 1 aromatic carbocycles. The summed E-state index contributed by atoms with van der Waals surface area (Å²) in [6, 6.07) is 3.21. The summed E-state index contributed by atoms with van der Waals surface area (Å²) in [5, 5.41) is 9.95. The van der Waals surface area contributed by atoms with Crippen molar-refractivity contribution in [2.75, 3.05) is 0 Å².